The fourth-order valence-corrected chi connectivity index (χ4v) is 4.12. The third kappa shape index (κ3) is 5.60. The van der Waals surface area contributed by atoms with E-state index in [2.05, 4.69) is 4.98 Å². The zero-order valence-electron chi connectivity index (χ0n) is 15.9. The third-order valence-corrected chi connectivity index (χ3v) is 5.89. The maximum Gasteiger partial charge on any atom is 0.413 e. The summed E-state index contributed by atoms with van der Waals surface area (Å²) >= 11 is 0. The minimum atomic E-state index is -3.92. The molecule has 0 aromatic carbocycles. The maximum atomic E-state index is 12.5. The number of rotatable bonds is 4. The molecule has 1 aromatic heterocycles. The van der Waals surface area contributed by atoms with E-state index in [1.165, 1.54) is 25.8 Å². The van der Waals surface area contributed by atoms with E-state index in [0.29, 0.717) is 6.10 Å². The molecule has 163 valence electrons. The minimum Gasteiger partial charge on any atom is -0.468 e. The van der Waals surface area contributed by atoms with Crippen molar-refractivity contribution >= 4 is 13.6 Å². The van der Waals surface area contributed by atoms with E-state index >= 15 is 0 Å². The van der Waals surface area contributed by atoms with Crippen LogP contribution in [0.15, 0.2) is 17.1 Å². The predicted octanol–water partition coefficient (Wildman–Crippen LogP) is 0.351. The Morgan fingerprint density at radius 3 is 2.76 bits per heavy atom. The molecule has 2 aliphatic rings. The van der Waals surface area contributed by atoms with Gasteiger partial charge in [-0.2, -0.15) is 11.9 Å². The molecule has 14 heteroatoms. The fraction of sp³-hybridized carbons (Fsp3) is 0.600. The van der Waals surface area contributed by atoms with Crippen LogP contribution in [0.2, 0.25) is 0 Å². The van der Waals surface area contributed by atoms with Crippen molar-refractivity contribution in [1.82, 2.24) is 9.55 Å². The van der Waals surface area contributed by atoms with Gasteiger partial charge in [-0.05, 0) is 13.0 Å². The van der Waals surface area contributed by atoms with Gasteiger partial charge in [0.2, 0.25) is 0 Å². The van der Waals surface area contributed by atoms with Gasteiger partial charge >= 0.3 is 13.5 Å². The number of aliphatic hydroxyl groups excluding tert-OH is 2. The molecule has 0 amide bonds. The molecular formula is C15H22N3O8PVW-2. The molecule has 29 heavy (non-hydrogen) atoms. The summed E-state index contributed by atoms with van der Waals surface area (Å²) in [5.74, 6) is -0.146. The van der Waals surface area contributed by atoms with E-state index in [1.807, 2.05) is 0 Å². The number of hydrogen-bond acceptors (Lipinski definition) is 10. The molecular weight excluding hydrogens is 616 g/mol. The van der Waals surface area contributed by atoms with Gasteiger partial charge in [0.1, 0.15) is 23.6 Å². The number of aromatic nitrogens is 2. The van der Waals surface area contributed by atoms with Crippen molar-refractivity contribution in [2.24, 2.45) is 5.92 Å². The van der Waals surface area contributed by atoms with Crippen LogP contribution in [0.25, 0.3) is 0 Å². The van der Waals surface area contributed by atoms with Crippen LogP contribution in [0.5, 0.6) is 0 Å². The van der Waals surface area contributed by atoms with Crippen molar-refractivity contribution in [3.05, 3.63) is 35.5 Å². The SMILES string of the molecule is C[C-]1OP(=O)(OC[C@@]2(C)O[C@@H](n3ccc(N)nc3=O)[C@H](O)[C@@H]2O)O[CH-]C1C.[V].[W]. The summed E-state index contributed by atoms with van der Waals surface area (Å²) in [4.78, 5) is 15.6. The molecule has 0 aliphatic carbocycles. The van der Waals surface area contributed by atoms with Crippen LogP contribution < -0.4 is 11.4 Å². The zero-order valence-corrected chi connectivity index (χ0v) is 21.1. The Labute approximate surface area is 194 Å². The number of aliphatic hydroxyl groups is 2. The van der Waals surface area contributed by atoms with Crippen LogP contribution in [0.3, 0.4) is 0 Å². The van der Waals surface area contributed by atoms with E-state index in [4.69, 9.17) is 24.0 Å². The molecule has 2 aliphatic heterocycles. The van der Waals surface area contributed by atoms with Crippen molar-refractivity contribution in [1.29, 1.82) is 0 Å². The maximum absolute atomic E-state index is 12.5. The van der Waals surface area contributed by atoms with Gasteiger partial charge in [0.05, 0.1) is 6.61 Å². The second kappa shape index (κ2) is 10.0. The number of anilines is 1. The molecule has 4 N–H and O–H groups in total. The minimum absolute atomic E-state index is 0. The Morgan fingerprint density at radius 1 is 1.52 bits per heavy atom. The zero-order chi connectivity index (χ0) is 20.0. The quantitative estimate of drug-likeness (QED) is 0.311. The number of nitrogens with two attached hydrogens (primary N) is 1. The van der Waals surface area contributed by atoms with Crippen LogP contribution in [0.4, 0.5) is 5.82 Å². The van der Waals surface area contributed by atoms with Crippen LogP contribution in [0.1, 0.15) is 27.0 Å². The van der Waals surface area contributed by atoms with Crippen molar-refractivity contribution < 1.29 is 72.7 Å². The average molecular weight is 638 g/mol. The summed E-state index contributed by atoms with van der Waals surface area (Å²) < 4.78 is 34.7. The van der Waals surface area contributed by atoms with E-state index in [9.17, 15) is 19.6 Å². The van der Waals surface area contributed by atoms with Crippen molar-refractivity contribution in [3.8, 4) is 0 Å². The number of phosphoric acid groups is 1. The van der Waals surface area contributed by atoms with Gasteiger partial charge in [0, 0.05) is 45.8 Å². The van der Waals surface area contributed by atoms with Crippen LogP contribution in [0, 0.1) is 18.6 Å². The summed E-state index contributed by atoms with van der Waals surface area (Å²) in [5, 5.41) is 20.7. The largest absolute Gasteiger partial charge is 0.468 e. The first-order valence-corrected chi connectivity index (χ1v) is 9.69. The van der Waals surface area contributed by atoms with Gasteiger partial charge in [-0.25, -0.2) is 22.1 Å². The van der Waals surface area contributed by atoms with E-state index in [-0.39, 0.29) is 51.4 Å². The van der Waals surface area contributed by atoms with Gasteiger partial charge in [-0.1, -0.05) is 0 Å². The summed E-state index contributed by atoms with van der Waals surface area (Å²) in [6.07, 6.45) is -2.39. The molecule has 0 spiro atoms. The average Bonchev–Trinajstić information content (AvgIpc) is 2.82. The van der Waals surface area contributed by atoms with Gasteiger partial charge < -0.3 is 29.7 Å². The van der Waals surface area contributed by atoms with Gasteiger partial charge in [-0.15, -0.1) is 6.92 Å². The molecule has 2 unspecified atom stereocenters. The predicted molar refractivity (Wildman–Crippen MR) is 91.6 cm³/mol. The summed E-state index contributed by atoms with van der Waals surface area (Å²) in [6.45, 7) is 5.79. The standard InChI is InChI=1S/C15H22N3O8P.V.W/c1-8-6-23-27(22,26-9(8)2)24-7-15(3)12(20)11(19)13(25-15)18-5-4-10(16)17-14(18)21;;/h4-6,8,11-13,19-20H,7H2,1-3H3,(H2,16,17,21);;/q-2;;/t8?,11-,12+,13-,15-,27?;;/m1../s1. The number of hydrogen-bond donors (Lipinski definition) is 3. The molecule has 11 nitrogen and oxygen atoms in total. The molecule has 1 aromatic rings. The third-order valence-electron chi connectivity index (χ3n) is 4.56. The molecule has 2 fully saturated rings. The molecule has 2 saturated heterocycles. The summed E-state index contributed by atoms with van der Waals surface area (Å²) in [7, 11) is -3.92. The normalized spacial score (nSPS) is 37.6. The van der Waals surface area contributed by atoms with E-state index < -0.39 is 44.2 Å². The van der Waals surface area contributed by atoms with Gasteiger partial charge in [0.15, 0.2) is 6.23 Å². The van der Waals surface area contributed by atoms with Crippen LogP contribution >= 0.6 is 7.82 Å². The Morgan fingerprint density at radius 2 is 2.17 bits per heavy atom. The van der Waals surface area contributed by atoms with Crippen LogP contribution in [-0.2, 0) is 62.5 Å². The first-order valence-electron chi connectivity index (χ1n) is 8.23. The molecule has 0 bridgehead atoms. The first kappa shape index (κ1) is 27.0. The Hall–Kier alpha value is -0.0573. The number of nitrogen functional groups attached to an aromatic ring is 1. The number of nitrogens with zero attached hydrogens (tertiary/aromatic N) is 2. The van der Waals surface area contributed by atoms with Crippen LogP contribution in [-0.4, -0.2) is 44.2 Å². The Balaban J connectivity index is 0.00000210. The fourth-order valence-electron chi connectivity index (χ4n) is 2.70. The number of phosphoric ester groups is 1. The second-order valence-corrected chi connectivity index (χ2v) is 8.30. The summed E-state index contributed by atoms with van der Waals surface area (Å²) in [6, 6.07) is 1.35. The molecule has 6 atom stereocenters. The topological polar surface area (TPSA) is 155 Å². The van der Waals surface area contributed by atoms with Gasteiger partial charge in [-0.3, -0.25) is 15.0 Å². The molecule has 3 heterocycles. The molecule has 3 rings (SSSR count). The number of ether oxygens (including phenoxy) is 1. The Bertz CT molecular complexity index is 816. The van der Waals surface area contributed by atoms with Crippen molar-refractivity contribution in [3.63, 3.8) is 0 Å². The smallest absolute Gasteiger partial charge is 0.413 e. The molecule has 0 saturated carbocycles. The van der Waals surface area contributed by atoms with Crippen molar-refractivity contribution in [2.75, 3.05) is 12.3 Å². The first-order chi connectivity index (χ1) is 12.5. The second-order valence-electron chi connectivity index (χ2n) is 6.75. The Kier molecular flexibility index (Phi) is 9.34. The van der Waals surface area contributed by atoms with Gasteiger partial charge in [0.25, 0.3) is 0 Å². The monoisotopic (exact) mass is 638 g/mol. The summed E-state index contributed by atoms with van der Waals surface area (Å²) in [5.41, 5.74) is 3.20. The van der Waals surface area contributed by atoms with E-state index in [0.717, 1.165) is 4.57 Å². The molecule has 1 radical (unpaired) electrons. The van der Waals surface area contributed by atoms with Crippen molar-refractivity contribution in [2.45, 2.75) is 44.8 Å². The van der Waals surface area contributed by atoms with E-state index in [1.54, 1.807) is 13.8 Å².